The molecule has 0 amide bonds. The van der Waals surface area contributed by atoms with E-state index in [2.05, 4.69) is 22.2 Å². The average molecular weight is 292 g/mol. The fourth-order valence-electron chi connectivity index (χ4n) is 2.03. The summed E-state index contributed by atoms with van der Waals surface area (Å²) in [7, 11) is 0. The van der Waals surface area contributed by atoms with Crippen molar-refractivity contribution >= 4 is 22.2 Å². The molecule has 2 heterocycles. The van der Waals surface area contributed by atoms with Gasteiger partial charge in [-0.2, -0.15) is 0 Å². The molecule has 0 spiro atoms. The maximum atomic E-state index is 11.6. The van der Waals surface area contributed by atoms with E-state index in [0.717, 1.165) is 46.3 Å². The third-order valence-corrected chi connectivity index (χ3v) is 4.01. The van der Waals surface area contributed by atoms with Crippen LogP contribution in [0, 0.1) is 6.92 Å². The van der Waals surface area contributed by atoms with Crippen molar-refractivity contribution in [2.45, 2.75) is 33.6 Å². The average Bonchev–Trinajstić information content (AvgIpc) is 2.80. The molecule has 0 aliphatic rings. The molecule has 0 aliphatic heterocycles. The van der Waals surface area contributed by atoms with Gasteiger partial charge in [-0.05, 0) is 25.8 Å². The number of rotatable bonds is 5. The van der Waals surface area contributed by atoms with Gasteiger partial charge in [-0.15, -0.1) is 11.3 Å². The first-order chi connectivity index (χ1) is 9.56. The highest BCUT2D eigenvalue weighted by atomic mass is 32.1. The summed E-state index contributed by atoms with van der Waals surface area (Å²) in [6.45, 7) is 7.06. The lowest BCUT2D eigenvalue weighted by Gasteiger charge is -2.07. The Kier molecular flexibility index (Phi) is 4.44. The SMILES string of the molecule is CCCNc1nc(-c2cc(N)c(=O)[nH]c2CC)c(C)s1. The van der Waals surface area contributed by atoms with Gasteiger partial charge in [-0.1, -0.05) is 13.8 Å². The summed E-state index contributed by atoms with van der Waals surface area (Å²) in [4.78, 5) is 20.2. The Morgan fingerprint density at radius 2 is 2.20 bits per heavy atom. The molecule has 0 atom stereocenters. The van der Waals surface area contributed by atoms with Crippen molar-refractivity contribution in [3.05, 3.63) is 27.0 Å². The van der Waals surface area contributed by atoms with Crippen LogP contribution in [0.5, 0.6) is 0 Å². The van der Waals surface area contributed by atoms with Gasteiger partial charge in [-0.3, -0.25) is 4.79 Å². The molecule has 20 heavy (non-hydrogen) atoms. The zero-order chi connectivity index (χ0) is 14.7. The van der Waals surface area contributed by atoms with Crippen LogP contribution in [0.2, 0.25) is 0 Å². The van der Waals surface area contributed by atoms with Crippen LogP contribution in [-0.2, 0) is 6.42 Å². The second-order valence-corrected chi connectivity index (χ2v) is 5.85. The third-order valence-electron chi connectivity index (χ3n) is 3.08. The molecule has 5 nitrogen and oxygen atoms in total. The van der Waals surface area contributed by atoms with E-state index in [9.17, 15) is 4.79 Å². The Morgan fingerprint density at radius 3 is 2.85 bits per heavy atom. The Labute approximate surface area is 122 Å². The fourth-order valence-corrected chi connectivity index (χ4v) is 2.88. The van der Waals surface area contributed by atoms with Crippen LogP contribution in [-0.4, -0.2) is 16.5 Å². The van der Waals surface area contributed by atoms with Gasteiger partial charge in [-0.25, -0.2) is 4.98 Å². The normalized spacial score (nSPS) is 10.8. The summed E-state index contributed by atoms with van der Waals surface area (Å²) in [5, 5.41) is 4.20. The van der Waals surface area contributed by atoms with Crippen molar-refractivity contribution in [3.63, 3.8) is 0 Å². The molecule has 6 heteroatoms. The van der Waals surface area contributed by atoms with Gasteiger partial charge in [0.25, 0.3) is 5.56 Å². The first kappa shape index (κ1) is 14.6. The van der Waals surface area contributed by atoms with Crippen molar-refractivity contribution < 1.29 is 0 Å². The van der Waals surface area contributed by atoms with Gasteiger partial charge in [0.05, 0.1) is 11.4 Å². The molecule has 0 bridgehead atoms. The van der Waals surface area contributed by atoms with Crippen molar-refractivity contribution in [3.8, 4) is 11.3 Å². The predicted molar refractivity (Wildman–Crippen MR) is 85.5 cm³/mol. The van der Waals surface area contributed by atoms with Crippen molar-refractivity contribution in [1.29, 1.82) is 0 Å². The number of aryl methyl sites for hydroxylation is 2. The number of pyridine rings is 1. The third kappa shape index (κ3) is 2.85. The highest BCUT2D eigenvalue weighted by Gasteiger charge is 2.14. The summed E-state index contributed by atoms with van der Waals surface area (Å²) >= 11 is 1.62. The van der Waals surface area contributed by atoms with E-state index in [1.165, 1.54) is 0 Å². The molecule has 4 N–H and O–H groups in total. The fraction of sp³-hybridized carbons (Fsp3) is 0.429. The highest BCUT2D eigenvalue weighted by Crippen LogP contribution is 2.32. The second-order valence-electron chi connectivity index (χ2n) is 4.65. The number of nitrogens with zero attached hydrogens (tertiary/aromatic N) is 1. The number of aromatic nitrogens is 2. The zero-order valence-corrected chi connectivity index (χ0v) is 12.9. The lowest BCUT2D eigenvalue weighted by Crippen LogP contribution is -2.14. The summed E-state index contributed by atoms with van der Waals surface area (Å²) in [6.07, 6.45) is 1.79. The standard InChI is InChI=1S/C14H20N4OS/c1-4-6-16-14-18-12(8(3)20-14)9-7-10(15)13(19)17-11(9)5-2/h7H,4-6,15H2,1-3H3,(H,16,18)(H,17,19). The number of H-pyrrole nitrogens is 1. The summed E-state index contributed by atoms with van der Waals surface area (Å²) < 4.78 is 0. The number of hydrogen-bond acceptors (Lipinski definition) is 5. The molecule has 108 valence electrons. The highest BCUT2D eigenvalue weighted by molar-refractivity contribution is 7.16. The molecule has 0 fully saturated rings. The van der Waals surface area contributed by atoms with Crippen molar-refractivity contribution in [2.24, 2.45) is 0 Å². The van der Waals surface area contributed by atoms with Crippen LogP contribution in [0.25, 0.3) is 11.3 Å². The largest absolute Gasteiger partial charge is 0.394 e. The van der Waals surface area contributed by atoms with E-state index < -0.39 is 0 Å². The topological polar surface area (TPSA) is 83.8 Å². The van der Waals surface area contributed by atoms with Crippen LogP contribution in [0.4, 0.5) is 10.8 Å². The molecule has 2 rings (SSSR count). The molecular weight excluding hydrogens is 272 g/mol. The molecule has 0 aliphatic carbocycles. The number of thiazole rings is 1. The lowest BCUT2D eigenvalue weighted by atomic mass is 10.1. The number of anilines is 2. The minimum Gasteiger partial charge on any atom is -0.394 e. The minimum absolute atomic E-state index is 0.229. The second kappa shape index (κ2) is 6.09. The Morgan fingerprint density at radius 1 is 1.45 bits per heavy atom. The molecule has 0 saturated heterocycles. The van der Waals surface area contributed by atoms with Crippen LogP contribution < -0.4 is 16.6 Å². The maximum Gasteiger partial charge on any atom is 0.271 e. The first-order valence-electron chi connectivity index (χ1n) is 6.80. The summed E-state index contributed by atoms with van der Waals surface area (Å²) in [5.74, 6) is 0. The first-order valence-corrected chi connectivity index (χ1v) is 7.61. The van der Waals surface area contributed by atoms with E-state index in [1.54, 1.807) is 17.4 Å². The molecular formula is C14H20N4OS. The predicted octanol–water partition coefficient (Wildman–Crippen LogP) is 2.77. The van der Waals surface area contributed by atoms with Gasteiger partial charge in [0, 0.05) is 22.7 Å². The van der Waals surface area contributed by atoms with Gasteiger partial charge in [0.1, 0.15) is 0 Å². The summed E-state index contributed by atoms with van der Waals surface area (Å²) in [6, 6.07) is 1.73. The molecule has 0 radical (unpaired) electrons. The molecule has 0 unspecified atom stereocenters. The maximum absolute atomic E-state index is 11.6. The Hall–Kier alpha value is -1.82. The van der Waals surface area contributed by atoms with Gasteiger partial charge in [0.15, 0.2) is 5.13 Å². The van der Waals surface area contributed by atoms with E-state index >= 15 is 0 Å². The van der Waals surface area contributed by atoms with E-state index in [-0.39, 0.29) is 11.2 Å². The summed E-state index contributed by atoms with van der Waals surface area (Å²) in [5.41, 5.74) is 8.42. The number of hydrogen-bond donors (Lipinski definition) is 3. The zero-order valence-electron chi connectivity index (χ0n) is 12.0. The van der Waals surface area contributed by atoms with Crippen molar-refractivity contribution in [1.82, 2.24) is 9.97 Å². The monoisotopic (exact) mass is 292 g/mol. The number of nitrogens with two attached hydrogens (primary N) is 1. The molecule has 0 aromatic carbocycles. The van der Waals surface area contributed by atoms with E-state index in [1.807, 2.05) is 13.8 Å². The van der Waals surface area contributed by atoms with Crippen LogP contribution in [0.3, 0.4) is 0 Å². The van der Waals surface area contributed by atoms with Crippen LogP contribution in [0.1, 0.15) is 30.8 Å². The van der Waals surface area contributed by atoms with Crippen LogP contribution in [0.15, 0.2) is 10.9 Å². The quantitative estimate of drug-likeness (QED) is 0.791. The minimum atomic E-state index is -0.234. The van der Waals surface area contributed by atoms with Gasteiger partial charge >= 0.3 is 0 Å². The smallest absolute Gasteiger partial charge is 0.271 e. The number of nitrogen functional groups attached to an aromatic ring is 1. The molecule has 2 aromatic rings. The number of nitrogens with one attached hydrogen (secondary N) is 2. The molecule has 0 saturated carbocycles. The number of aromatic amines is 1. The van der Waals surface area contributed by atoms with Gasteiger partial charge in [0.2, 0.25) is 0 Å². The van der Waals surface area contributed by atoms with Crippen molar-refractivity contribution in [2.75, 3.05) is 17.6 Å². The van der Waals surface area contributed by atoms with E-state index in [0.29, 0.717) is 0 Å². The molecule has 2 aromatic heterocycles. The van der Waals surface area contributed by atoms with E-state index in [4.69, 9.17) is 5.73 Å². The van der Waals surface area contributed by atoms with Crippen LogP contribution >= 0.6 is 11.3 Å². The Bertz CT molecular complexity index is 660. The lowest BCUT2D eigenvalue weighted by molar-refractivity contribution is 0.975. The van der Waals surface area contributed by atoms with Gasteiger partial charge < -0.3 is 16.0 Å². The Balaban J connectivity index is 2.48.